The Hall–Kier alpha value is -4.19. The Bertz CT molecular complexity index is 1890. The van der Waals surface area contributed by atoms with Gasteiger partial charge in [0, 0.05) is 24.3 Å². The quantitative estimate of drug-likeness (QED) is 0.316. The van der Waals surface area contributed by atoms with Gasteiger partial charge in [-0.05, 0) is 81.5 Å². The number of halogens is 1. The predicted molar refractivity (Wildman–Crippen MR) is 174 cm³/mol. The minimum atomic E-state index is -1.18. The first-order valence-electron chi connectivity index (χ1n) is 15.4. The maximum absolute atomic E-state index is 13.6. The number of benzene rings is 2. The molecule has 4 heterocycles. The van der Waals surface area contributed by atoms with Crippen LogP contribution < -0.4 is 5.56 Å². The number of hydrogen-bond acceptors (Lipinski definition) is 6. The SMILES string of the molecule is Cc1ccc(C(=O)N2CCC(O)(Cn3cnc4c(cc(Cl)n4-c4ccc([C@H]5CO[C@H](C)CN5C(=O)O)c(C)c4)c3=O)CC2)c(C)c1. The van der Waals surface area contributed by atoms with Crippen LogP contribution in [0.2, 0.25) is 5.15 Å². The van der Waals surface area contributed by atoms with Crippen LogP contribution in [0.1, 0.15) is 58.4 Å². The van der Waals surface area contributed by atoms with E-state index in [9.17, 15) is 24.6 Å². The number of carbonyl (C=O) groups excluding carboxylic acids is 1. The molecule has 0 radical (unpaired) electrons. The average Bonchev–Trinajstić information content (AvgIpc) is 3.35. The Morgan fingerprint density at radius 3 is 2.48 bits per heavy atom. The zero-order valence-electron chi connectivity index (χ0n) is 26.4. The second-order valence-electron chi connectivity index (χ2n) is 12.7. The molecule has 2 N–H and O–H groups in total. The van der Waals surface area contributed by atoms with Crippen LogP contribution in [0.15, 0.2) is 53.6 Å². The van der Waals surface area contributed by atoms with Crippen molar-refractivity contribution in [2.45, 2.75) is 64.8 Å². The lowest BCUT2D eigenvalue weighted by molar-refractivity contribution is -0.0466. The van der Waals surface area contributed by atoms with Crippen LogP contribution in [0.4, 0.5) is 4.79 Å². The molecule has 0 aliphatic carbocycles. The summed E-state index contributed by atoms with van der Waals surface area (Å²) in [5.74, 6) is -0.0556. The Labute approximate surface area is 271 Å². The van der Waals surface area contributed by atoms with Gasteiger partial charge in [-0.3, -0.25) is 23.6 Å². The molecule has 2 aromatic carbocycles. The molecule has 2 aromatic heterocycles. The maximum atomic E-state index is 13.6. The third kappa shape index (κ3) is 5.90. The fraction of sp³-hybridized carbons (Fsp3) is 0.412. The lowest BCUT2D eigenvalue weighted by Crippen LogP contribution is -2.49. The van der Waals surface area contributed by atoms with Crippen molar-refractivity contribution in [2.24, 2.45) is 0 Å². The van der Waals surface area contributed by atoms with Crippen LogP contribution in [0.25, 0.3) is 16.7 Å². The zero-order chi connectivity index (χ0) is 32.9. The van der Waals surface area contributed by atoms with Crippen molar-refractivity contribution < 1.29 is 24.5 Å². The normalized spacial score (nSPS) is 19.9. The van der Waals surface area contributed by atoms with E-state index in [4.69, 9.17) is 16.3 Å². The van der Waals surface area contributed by atoms with Gasteiger partial charge < -0.3 is 19.8 Å². The molecule has 2 aliphatic heterocycles. The summed E-state index contributed by atoms with van der Waals surface area (Å²) in [7, 11) is 0. The molecule has 0 saturated carbocycles. The first-order valence-corrected chi connectivity index (χ1v) is 15.8. The molecule has 2 amide bonds. The summed E-state index contributed by atoms with van der Waals surface area (Å²) in [6.07, 6.45) is 0.898. The Morgan fingerprint density at radius 1 is 1.07 bits per heavy atom. The second kappa shape index (κ2) is 12.2. The van der Waals surface area contributed by atoms with Crippen molar-refractivity contribution in [1.29, 1.82) is 0 Å². The molecule has 12 heteroatoms. The lowest BCUT2D eigenvalue weighted by atomic mass is 9.90. The molecule has 46 heavy (non-hydrogen) atoms. The van der Waals surface area contributed by atoms with Crippen LogP contribution in [0.3, 0.4) is 0 Å². The van der Waals surface area contributed by atoms with E-state index in [-0.39, 0.29) is 37.3 Å². The molecule has 2 aliphatic rings. The zero-order valence-corrected chi connectivity index (χ0v) is 27.1. The Morgan fingerprint density at radius 2 is 1.80 bits per heavy atom. The molecule has 242 valence electrons. The monoisotopic (exact) mass is 647 g/mol. The van der Waals surface area contributed by atoms with E-state index >= 15 is 0 Å². The second-order valence-corrected chi connectivity index (χ2v) is 13.1. The number of rotatable bonds is 5. The molecule has 0 unspecified atom stereocenters. The number of hydrogen-bond donors (Lipinski definition) is 2. The van der Waals surface area contributed by atoms with Crippen LogP contribution in [0, 0.1) is 20.8 Å². The highest BCUT2D eigenvalue weighted by Gasteiger charge is 2.36. The highest BCUT2D eigenvalue weighted by Crippen LogP contribution is 2.32. The van der Waals surface area contributed by atoms with E-state index in [1.165, 1.54) is 15.8 Å². The van der Waals surface area contributed by atoms with E-state index in [1.807, 2.05) is 64.1 Å². The van der Waals surface area contributed by atoms with Crippen molar-refractivity contribution in [2.75, 3.05) is 26.2 Å². The number of aromatic nitrogens is 3. The largest absolute Gasteiger partial charge is 0.465 e. The van der Waals surface area contributed by atoms with E-state index in [0.29, 0.717) is 53.4 Å². The van der Waals surface area contributed by atoms with Crippen molar-refractivity contribution in [3.63, 3.8) is 0 Å². The number of piperidine rings is 1. The molecule has 0 bridgehead atoms. The average molecular weight is 648 g/mol. The highest BCUT2D eigenvalue weighted by molar-refractivity contribution is 6.31. The smallest absolute Gasteiger partial charge is 0.407 e. The number of morpholine rings is 1. The summed E-state index contributed by atoms with van der Waals surface area (Å²) in [6, 6.07) is 12.5. The van der Waals surface area contributed by atoms with Crippen molar-refractivity contribution in [1.82, 2.24) is 23.9 Å². The third-order valence-corrected chi connectivity index (χ3v) is 9.56. The van der Waals surface area contributed by atoms with Gasteiger partial charge in [-0.15, -0.1) is 0 Å². The van der Waals surface area contributed by atoms with Gasteiger partial charge in [-0.25, -0.2) is 9.78 Å². The maximum Gasteiger partial charge on any atom is 0.407 e. The summed E-state index contributed by atoms with van der Waals surface area (Å²) in [5, 5.41) is 21.8. The highest BCUT2D eigenvalue weighted by atomic mass is 35.5. The number of likely N-dealkylation sites (tertiary alicyclic amines) is 1. The number of aryl methyl sites for hydroxylation is 3. The minimum absolute atomic E-state index is 0.0408. The van der Waals surface area contributed by atoms with Gasteiger partial charge in [0.2, 0.25) is 0 Å². The number of carboxylic acid groups (broad SMARTS) is 1. The number of fused-ring (bicyclic) bond motifs is 1. The van der Waals surface area contributed by atoms with Gasteiger partial charge in [0.15, 0.2) is 5.65 Å². The van der Waals surface area contributed by atoms with Gasteiger partial charge in [-0.2, -0.15) is 0 Å². The summed E-state index contributed by atoms with van der Waals surface area (Å²) in [6.45, 7) is 9.00. The van der Waals surface area contributed by atoms with Crippen LogP contribution in [-0.2, 0) is 11.3 Å². The van der Waals surface area contributed by atoms with Crippen molar-refractivity contribution in [3.05, 3.63) is 92.1 Å². The molecule has 2 saturated heterocycles. The molecule has 0 spiro atoms. The first kappa shape index (κ1) is 31.8. The van der Waals surface area contributed by atoms with Gasteiger partial charge in [0.05, 0.1) is 42.8 Å². The number of amides is 2. The van der Waals surface area contributed by atoms with E-state index < -0.39 is 17.7 Å². The number of carbonyl (C=O) groups is 2. The van der Waals surface area contributed by atoms with E-state index in [0.717, 1.165) is 22.3 Å². The van der Waals surface area contributed by atoms with Crippen LogP contribution >= 0.6 is 11.6 Å². The first-order chi connectivity index (χ1) is 21.8. The summed E-state index contributed by atoms with van der Waals surface area (Å²) < 4.78 is 8.86. The summed E-state index contributed by atoms with van der Waals surface area (Å²) in [4.78, 5) is 46.5. The number of aliphatic hydroxyl groups is 1. The van der Waals surface area contributed by atoms with Crippen molar-refractivity contribution >= 4 is 34.6 Å². The lowest BCUT2D eigenvalue weighted by Gasteiger charge is -2.38. The van der Waals surface area contributed by atoms with E-state index in [2.05, 4.69) is 4.98 Å². The Kier molecular flexibility index (Phi) is 8.43. The molecule has 2 atom stereocenters. The summed E-state index contributed by atoms with van der Waals surface area (Å²) >= 11 is 6.67. The van der Waals surface area contributed by atoms with Gasteiger partial charge in [0.25, 0.3) is 11.5 Å². The predicted octanol–water partition coefficient (Wildman–Crippen LogP) is 4.87. The molecule has 11 nitrogen and oxygen atoms in total. The molecule has 4 aromatic rings. The standard InChI is InChI=1S/C34H38ClN5O6/c1-20-5-7-26(21(2)13-20)31(41)37-11-9-34(45,10-12-37)18-38-19-36-30-27(32(38)42)15-29(35)40(30)24-6-8-25(22(3)14-24)28-17-46-23(4)16-39(28)33(43)44/h5-8,13-15,19,23,28,45H,9-12,16-18H2,1-4H3,(H,43,44)/t23-,28-/m1/s1. The van der Waals surface area contributed by atoms with Crippen molar-refractivity contribution in [3.8, 4) is 5.69 Å². The topological polar surface area (TPSA) is 130 Å². The third-order valence-electron chi connectivity index (χ3n) is 9.28. The number of nitrogens with zero attached hydrogens (tertiary/aromatic N) is 5. The van der Waals surface area contributed by atoms with Gasteiger partial charge in [-0.1, -0.05) is 35.4 Å². The van der Waals surface area contributed by atoms with Gasteiger partial charge >= 0.3 is 6.09 Å². The van der Waals surface area contributed by atoms with Crippen LogP contribution in [0.5, 0.6) is 0 Å². The van der Waals surface area contributed by atoms with E-state index in [1.54, 1.807) is 15.5 Å². The minimum Gasteiger partial charge on any atom is -0.465 e. The summed E-state index contributed by atoms with van der Waals surface area (Å²) in [5.41, 5.74) is 3.91. The fourth-order valence-electron chi connectivity index (χ4n) is 6.71. The molecular weight excluding hydrogens is 610 g/mol. The molecule has 2 fully saturated rings. The Balaban J connectivity index is 1.21. The van der Waals surface area contributed by atoms with Crippen LogP contribution in [-0.4, -0.2) is 84.1 Å². The molecular formula is C34H38ClN5O6. The van der Waals surface area contributed by atoms with Gasteiger partial charge in [0.1, 0.15) is 11.5 Å². The molecule has 6 rings (SSSR count). The fourth-order valence-corrected chi connectivity index (χ4v) is 7.00. The number of ether oxygens (including phenoxy) is 1.